The first-order chi connectivity index (χ1) is 10.2. The molecule has 2 heterocycles. The summed E-state index contributed by atoms with van der Waals surface area (Å²) in [5.74, 6) is 0.170. The van der Waals surface area contributed by atoms with Crippen molar-refractivity contribution in [3.63, 3.8) is 0 Å². The average molecular weight is 299 g/mol. The Bertz CT molecular complexity index is 814. The fourth-order valence-corrected chi connectivity index (χ4v) is 2.34. The van der Waals surface area contributed by atoms with E-state index in [1.807, 2.05) is 36.4 Å². The summed E-state index contributed by atoms with van der Waals surface area (Å²) in [6.07, 6.45) is 1.44. The first kappa shape index (κ1) is 13.6. The third-order valence-corrected chi connectivity index (χ3v) is 3.47. The second-order valence-corrected chi connectivity index (χ2v) is 4.80. The van der Waals surface area contributed by atoms with E-state index in [9.17, 15) is 4.79 Å². The molecule has 0 unspecified atom stereocenters. The van der Waals surface area contributed by atoms with Gasteiger partial charge in [-0.25, -0.2) is 14.5 Å². The van der Waals surface area contributed by atoms with Crippen molar-refractivity contribution in [3.05, 3.63) is 48.2 Å². The Morgan fingerprint density at radius 1 is 1.29 bits per heavy atom. The van der Waals surface area contributed by atoms with E-state index in [0.29, 0.717) is 23.0 Å². The predicted molar refractivity (Wildman–Crippen MR) is 82.1 cm³/mol. The van der Waals surface area contributed by atoms with E-state index in [1.165, 1.54) is 10.9 Å². The lowest BCUT2D eigenvalue weighted by atomic mass is 10.2. The molecule has 0 aliphatic carbocycles. The van der Waals surface area contributed by atoms with Crippen molar-refractivity contribution in [2.24, 2.45) is 0 Å². The Morgan fingerprint density at radius 2 is 2.10 bits per heavy atom. The number of rotatable bonds is 3. The standard InChI is InChI=1S/C15H13N3O2S/c1-2-20-15(19)11-9-16-18(14(11)21)13-8-7-10-5-3-4-6-12(10)17-13/h3-9,21H,2H2,1H3. The zero-order chi connectivity index (χ0) is 14.8. The molecule has 0 atom stereocenters. The molecular formula is C15H13N3O2S. The van der Waals surface area contributed by atoms with Crippen LogP contribution in [-0.2, 0) is 4.74 Å². The van der Waals surface area contributed by atoms with Crippen LogP contribution in [0.1, 0.15) is 17.3 Å². The number of aromatic nitrogens is 3. The van der Waals surface area contributed by atoms with Gasteiger partial charge in [0.05, 0.1) is 18.3 Å². The molecule has 0 radical (unpaired) electrons. The molecule has 0 aliphatic heterocycles. The molecule has 0 fully saturated rings. The minimum atomic E-state index is -0.436. The summed E-state index contributed by atoms with van der Waals surface area (Å²) in [5, 5.41) is 5.63. The number of fused-ring (bicyclic) bond motifs is 1. The minimum Gasteiger partial charge on any atom is -0.462 e. The van der Waals surface area contributed by atoms with Crippen molar-refractivity contribution >= 4 is 29.5 Å². The van der Waals surface area contributed by atoms with Crippen LogP contribution in [0.3, 0.4) is 0 Å². The van der Waals surface area contributed by atoms with Gasteiger partial charge in [-0.05, 0) is 25.1 Å². The second-order valence-electron chi connectivity index (χ2n) is 4.38. The van der Waals surface area contributed by atoms with E-state index in [1.54, 1.807) is 6.92 Å². The maximum Gasteiger partial charge on any atom is 0.342 e. The molecule has 2 aromatic heterocycles. The van der Waals surface area contributed by atoms with Crippen LogP contribution in [0.15, 0.2) is 47.6 Å². The summed E-state index contributed by atoms with van der Waals surface area (Å²) in [7, 11) is 0. The number of para-hydroxylation sites is 1. The van der Waals surface area contributed by atoms with Gasteiger partial charge in [-0.3, -0.25) is 0 Å². The second kappa shape index (κ2) is 5.57. The number of hydrogen-bond donors (Lipinski definition) is 1. The third-order valence-electron chi connectivity index (χ3n) is 3.04. The van der Waals surface area contributed by atoms with Gasteiger partial charge in [0.2, 0.25) is 0 Å². The number of carbonyl (C=O) groups is 1. The van der Waals surface area contributed by atoms with Gasteiger partial charge >= 0.3 is 5.97 Å². The highest BCUT2D eigenvalue weighted by molar-refractivity contribution is 7.80. The molecule has 0 spiro atoms. The summed E-state index contributed by atoms with van der Waals surface area (Å²) in [4.78, 5) is 16.3. The summed E-state index contributed by atoms with van der Waals surface area (Å²) >= 11 is 4.36. The number of esters is 1. The number of pyridine rings is 1. The lowest BCUT2D eigenvalue weighted by molar-refractivity contribution is 0.0522. The summed E-state index contributed by atoms with van der Waals surface area (Å²) in [6, 6.07) is 11.6. The van der Waals surface area contributed by atoms with Crippen molar-refractivity contribution in [2.75, 3.05) is 6.61 Å². The highest BCUT2D eigenvalue weighted by Gasteiger charge is 2.17. The molecule has 0 N–H and O–H groups in total. The Balaban J connectivity index is 2.04. The summed E-state index contributed by atoms with van der Waals surface area (Å²) in [6.45, 7) is 2.07. The highest BCUT2D eigenvalue weighted by Crippen LogP contribution is 2.20. The van der Waals surface area contributed by atoms with E-state index >= 15 is 0 Å². The molecule has 5 nitrogen and oxygen atoms in total. The zero-order valence-corrected chi connectivity index (χ0v) is 12.2. The number of thiol groups is 1. The highest BCUT2D eigenvalue weighted by atomic mass is 32.1. The zero-order valence-electron chi connectivity index (χ0n) is 11.4. The molecular weight excluding hydrogens is 286 g/mol. The van der Waals surface area contributed by atoms with Gasteiger partial charge in [-0.2, -0.15) is 5.10 Å². The Kier molecular flexibility index (Phi) is 3.62. The number of hydrogen-bond acceptors (Lipinski definition) is 5. The average Bonchev–Trinajstić information content (AvgIpc) is 2.89. The van der Waals surface area contributed by atoms with Crippen LogP contribution in [0.2, 0.25) is 0 Å². The summed E-state index contributed by atoms with van der Waals surface area (Å²) < 4.78 is 6.48. The van der Waals surface area contributed by atoms with Crippen LogP contribution in [0.5, 0.6) is 0 Å². The van der Waals surface area contributed by atoms with Crippen LogP contribution in [0.4, 0.5) is 0 Å². The van der Waals surface area contributed by atoms with E-state index in [4.69, 9.17) is 4.74 Å². The molecule has 106 valence electrons. The first-order valence-electron chi connectivity index (χ1n) is 6.51. The quantitative estimate of drug-likeness (QED) is 0.597. The van der Waals surface area contributed by atoms with Crippen molar-refractivity contribution in [1.82, 2.24) is 14.8 Å². The van der Waals surface area contributed by atoms with Crippen LogP contribution in [-0.4, -0.2) is 27.3 Å². The van der Waals surface area contributed by atoms with Crippen LogP contribution < -0.4 is 0 Å². The number of benzene rings is 1. The number of carbonyl (C=O) groups excluding carboxylic acids is 1. The van der Waals surface area contributed by atoms with Gasteiger partial charge < -0.3 is 4.74 Å². The van der Waals surface area contributed by atoms with Crippen molar-refractivity contribution < 1.29 is 9.53 Å². The minimum absolute atomic E-state index is 0.311. The van der Waals surface area contributed by atoms with Crippen LogP contribution in [0, 0.1) is 0 Å². The molecule has 3 rings (SSSR count). The number of nitrogens with zero attached hydrogens (tertiary/aromatic N) is 3. The third kappa shape index (κ3) is 2.50. The largest absolute Gasteiger partial charge is 0.462 e. The van der Waals surface area contributed by atoms with E-state index in [0.717, 1.165) is 10.9 Å². The molecule has 0 saturated carbocycles. The maximum absolute atomic E-state index is 11.8. The van der Waals surface area contributed by atoms with Crippen molar-refractivity contribution in [2.45, 2.75) is 11.9 Å². The number of ether oxygens (including phenoxy) is 1. The lowest BCUT2D eigenvalue weighted by Gasteiger charge is -2.05. The Morgan fingerprint density at radius 3 is 2.90 bits per heavy atom. The molecule has 0 aliphatic rings. The molecule has 0 amide bonds. The lowest BCUT2D eigenvalue weighted by Crippen LogP contribution is -2.06. The molecule has 3 aromatic rings. The van der Waals surface area contributed by atoms with Gasteiger partial charge in [0.25, 0.3) is 0 Å². The topological polar surface area (TPSA) is 57.0 Å². The van der Waals surface area contributed by atoms with Crippen LogP contribution in [0.25, 0.3) is 16.7 Å². The molecule has 0 saturated heterocycles. The Labute approximate surface area is 127 Å². The SMILES string of the molecule is CCOC(=O)c1cnn(-c2ccc3ccccc3n2)c1S. The van der Waals surface area contributed by atoms with E-state index in [-0.39, 0.29) is 0 Å². The van der Waals surface area contributed by atoms with Gasteiger partial charge in [0, 0.05) is 5.39 Å². The maximum atomic E-state index is 11.8. The smallest absolute Gasteiger partial charge is 0.342 e. The van der Waals surface area contributed by atoms with Crippen LogP contribution >= 0.6 is 12.6 Å². The molecule has 6 heteroatoms. The van der Waals surface area contributed by atoms with Gasteiger partial charge in [-0.15, -0.1) is 12.6 Å². The first-order valence-corrected chi connectivity index (χ1v) is 6.95. The normalized spacial score (nSPS) is 10.8. The summed E-state index contributed by atoms with van der Waals surface area (Å²) in [5.41, 5.74) is 1.19. The van der Waals surface area contributed by atoms with Crippen molar-refractivity contribution in [3.8, 4) is 5.82 Å². The Hall–Kier alpha value is -2.34. The monoisotopic (exact) mass is 299 g/mol. The van der Waals surface area contributed by atoms with Gasteiger partial charge in [0.15, 0.2) is 5.82 Å². The molecule has 21 heavy (non-hydrogen) atoms. The van der Waals surface area contributed by atoms with E-state index in [2.05, 4.69) is 22.7 Å². The van der Waals surface area contributed by atoms with Crippen molar-refractivity contribution in [1.29, 1.82) is 0 Å². The predicted octanol–water partition coefficient (Wildman–Crippen LogP) is 2.89. The molecule has 0 bridgehead atoms. The van der Waals surface area contributed by atoms with E-state index < -0.39 is 5.97 Å². The van der Waals surface area contributed by atoms with Gasteiger partial charge in [-0.1, -0.05) is 18.2 Å². The molecule has 1 aromatic carbocycles. The fourth-order valence-electron chi connectivity index (χ4n) is 2.04. The fraction of sp³-hybridized carbons (Fsp3) is 0.133. The van der Waals surface area contributed by atoms with Gasteiger partial charge in [0.1, 0.15) is 10.6 Å².